The van der Waals surface area contributed by atoms with Crippen molar-refractivity contribution in [2.75, 3.05) is 14.2 Å². The monoisotopic (exact) mass is 395 g/mol. The Labute approximate surface area is 162 Å². The molecule has 1 N–H and O–H groups in total. The highest BCUT2D eigenvalue weighted by atomic mass is 32.2. The first-order valence-electron chi connectivity index (χ1n) is 8.06. The number of aliphatic carboxylic acids is 1. The number of carboxylic acid groups (broad SMARTS) is 1. The minimum Gasteiger partial charge on any atom is -0.493 e. The lowest BCUT2D eigenvalue weighted by Gasteiger charge is -2.27. The molecule has 140 valence electrons. The van der Waals surface area contributed by atoms with E-state index < -0.39 is 17.9 Å². The minimum absolute atomic E-state index is 0.222. The largest absolute Gasteiger partial charge is 0.493 e. The van der Waals surface area contributed by atoms with Crippen LogP contribution in [0.1, 0.15) is 25.8 Å². The molecule has 2 rings (SSSR count). The molecule has 0 saturated carbocycles. The van der Waals surface area contributed by atoms with Crippen LogP contribution >= 0.6 is 24.0 Å². The molecule has 0 aliphatic carbocycles. The van der Waals surface area contributed by atoms with Crippen molar-refractivity contribution in [3.05, 3.63) is 28.7 Å². The van der Waals surface area contributed by atoms with E-state index in [0.29, 0.717) is 28.4 Å². The molecule has 2 atom stereocenters. The SMILES string of the molecule is CC[C@@H](C)[C@H](C(=O)O)N1C(=O)/C(=C/c2cccc(OC)c2OC)SC1=S. The standard InChI is InChI=1S/C18H21NO5S2/c1-5-10(2)14(17(21)22)19-16(20)13(26-18(19)25)9-11-7-6-8-12(23-3)15(11)24-4/h6-10,14H,5H2,1-4H3,(H,21,22)/b13-9-/t10-,14-/m1/s1. The van der Waals surface area contributed by atoms with Crippen LogP contribution in [0, 0.1) is 5.92 Å². The average molecular weight is 396 g/mol. The number of methoxy groups -OCH3 is 2. The third-order valence-corrected chi connectivity index (χ3v) is 5.59. The number of carbonyl (C=O) groups excluding carboxylic acids is 1. The van der Waals surface area contributed by atoms with Gasteiger partial charge < -0.3 is 14.6 Å². The Bertz CT molecular complexity index is 762. The lowest BCUT2D eigenvalue weighted by molar-refractivity contribution is -0.147. The summed E-state index contributed by atoms with van der Waals surface area (Å²) in [6.45, 7) is 3.68. The predicted molar refractivity (Wildman–Crippen MR) is 105 cm³/mol. The lowest BCUT2D eigenvalue weighted by Crippen LogP contribution is -2.47. The number of para-hydroxylation sites is 1. The van der Waals surface area contributed by atoms with E-state index in [1.165, 1.54) is 19.1 Å². The van der Waals surface area contributed by atoms with Crippen molar-refractivity contribution >= 4 is 46.3 Å². The van der Waals surface area contributed by atoms with Crippen LogP contribution in [0.3, 0.4) is 0 Å². The van der Waals surface area contributed by atoms with Crippen LogP contribution in [0.25, 0.3) is 6.08 Å². The zero-order valence-corrected chi connectivity index (χ0v) is 16.6. The van der Waals surface area contributed by atoms with Gasteiger partial charge in [-0.05, 0) is 18.1 Å². The summed E-state index contributed by atoms with van der Waals surface area (Å²) in [7, 11) is 3.05. The summed E-state index contributed by atoms with van der Waals surface area (Å²) >= 11 is 6.38. The number of rotatable bonds is 7. The molecule has 0 unspecified atom stereocenters. The van der Waals surface area contributed by atoms with Crippen LogP contribution < -0.4 is 9.47 Å². The number of amides is 1. The topological polar surface area (TPSA) is 76.1 Å². The van der Waals surface area contributed by atoms with E-state index in [0.717, 1.165) is 11.8 Å². The maximum Gasteiger partial charge on any atom is 0.327 e. The van der Waals surface area contributed by atoms with Gasteiger partial charge in [0.2, 0.25) is 0 Å². The molecule has 1 heterocycles. The number of benzene rings is 1. The van der Waals surface area contributed by atoms with Crippen LogP contribution in [-0.2, 0) is 9.59 Å². The number of hydrogen-bond acceptors (Lipinski definition) is 6. The van der Waals surface area contributed by atoms with E-state index in [2.05, 4.69) is 0 Å². The fraction of sp³-hybridized carbons (Fsp3) is 0.389. The van der Waals surface area contributed by atoms with E-state index in [4.69, 9.17) is 21.7 Å². The quantitative estimate of drug-likeness (QED) is 0.560. The van der Waals surface area contributed by atoms with Gasteiger partial charge in [-0.3, -0.25) is 9.69 Å². The van der Waals surface area contributed by atoms with Crippen molar-refractivity contribution in [3.8, 4) is 11.5 Å². The van der Waals surface area contributed by atoms with Crippen molar-refractivity contribution in [2.45, 2.75) is 26.3 Å². The Morgan fingerprint density at radius 2 is 2.08 bits per heavy atom. The highest BCUT2D eigenvalue weighted by Gasteiger charge is 2.42. The normalized spacial score (nSPS) is 18.2. The number of carboxylic acids is 1. The lowest BCUT2D eigenvalue weighted by atomic mass is 9.98. The molecular formula is C18H21NO5S2. The van der Waals surface area contributed by atoms with E-state index in [9.17, 15) is 14.7 Å². The molecule has 1 saturated heterocycles. The molecule has 6 nitrogen and oxygen atoms in total. The third-order valence-electron chi connectivity index (χ3n) is 4.26. The van der Waals surface area contributed by atoms with Crippen molar-refractivity contribution < 1.29 is 24.2 Å². The number of hydrogen-bond donors (Lipinski definition) is 1. The fourth-order valence-corrected chi connectivity index (χ4v) is 4.04. The van der Waals surface area contributed by atoms with Crippen molar-refractivity contribution in [2.24, 2.45) is 5.92 Å². The fourth-order valence-electron chi connectivity index (χ4n) is 2.72. The van der Waals surface area contributed by atoms with Crippen molar-refractivity contribution in [1.82, 2.24) is 4.90 Å². The molecule has 8 heteroatoms. The third kappa shape index (κ3) is 3.86. The van der Waals surface area contributed by atoms with Crippen molar-refractivity contribution in [3.63, 3.8) is 0 Å². The summed E-state index contributed by atoms with van der Waals surface area (Å²) in [6.07, 6.45) is 2.27. The number of thiocarbonyl (C=S) groups is 1. The molecule has 0 aromatic heterocycles. The zero-order valence-electron chi connectivity index (χ0n) is 15.0. The summed E-state index contributed by atoms with van der Waals surface area (Å²) in [5, 5.41) is 9.58. The van der Waals surface area contributed by atoms with Gasteiger partial charge in [-0.2, -0.15) is 0 Å². The van der Waals surface area contributed by atoms with Crippen molar-refractivity contribution in [1.29, 1.82) is 0 Å². The number of carbonyl (C=O) groups is 2. The van der Waals surface area contributed by atoms with Gasteiger partial charge in [-0.1, -0.05) is 56.4 Å². The van der Waals surface area contributed by atoms with Crippen LogP contribution in [-0.4, -0.2) is 46.5 Å². The highest BCUT2D eigenvalue weighted by Crippen LogP contribution is 2.39. The summed E-state index contributed by atoms with van der Waals surface area (Å²) in [5.41, 5.74) is 0.655. The molecule has 0 bridgehead atoms. The second-order valence-corrected chi connectivity index (χ2v) is 7.48. The Balaban J connectivity index is 2.43. The van der Waals surface area contributed by atoms with E-state index in [1.54, 1.807) is 31.2 Å². The van der Waals surface area contributed by atoms with Gasteiger partial charge in [0.05, 0.1) is 19.1 Å². The number of ether oxygens (including phenoxy) is 2. The second kappa shape index (κ2) is 8.55. The van der Waals surface area contributed by atoms with E-state index in [1.807, 2.05) is 6.92 Å². The maximum absolute atomic E-state index is 12.9. The molecule has 0 spiro atoms. The Hall–Kier alpha value is -2.06. The summed E-state index contributed by atoms with van der Waals surface area (Å²) in [6, 6.07) is 4.35. The summed E-state index contributed by atoms with van der Waals surface area (Å²) in [4.78, 5) is 26.1. The molecule has 1 aliphatic heterocycles. The predicted octanol–water partition coefficient (Wildman–Crippen LogP) is 3.40. The molecule has 1 aromatic carbocycles. The molecule has 1 aromatic rings. The van der Waals surface area contributed by atoms with Crippen LogP contribution in [0.2, 0.25) is 0 Å². The summed E-state index contributed by atoms with van der Waals surface area (Å²) < 4.78 is 10.9. The maximum atomic E-state index is 12.9. The van der Waals surface area contributed by atoms with Gasteiger partial charge in [0.25, 0.3) is 5.91 Å². The van der Waals surface area contributed by atoms with Gasteiger partial charge in [0.1, 0.15) is 10.4 Å². The summed E-state index contributed by atoms with van der Waals surface area (Å²) in [5.74, 6) is -0.647. The molecule has 1 fully saturated rings. The van der Waals surface area contributed by atoms with Gasteiger partial charge in [-0.15, -0.1) is 0 Å². The molecule has 0 radical (unpaired) electrons. The minimum atomic E-state index is -1.06. The van der Waals surface area contributed by atoms with Gasteiger partial charge in [-0.25, -0.2) is 4.79 Å². The first kappa shape index (κ1) is 20.3. The number of nitrogens with zero attached hydrogens (tertiary/aromatic N) is 1. The van der Waals surface area contributed by atoms with E-state index >= 15 is 0 Å². The van der Waals surface area contributed by atoms with E-state index in [-0.39, 0.29) is 10.2 Å². The van der Waals surface area contributed by atoms with Gasteiger partial charge in [0.15, 0.2) is 11.5 Å². The first-order valence-corrected chi connectivity index (χ1v) is 9.29. The van der Waals surface area contributed by atoms with Crippen LogP contribution in [0.15, 0.2) is 23.1 Å². The zero-order chi connectivity index (χ0) is 19.4. The first-order chi connectivity index (χ1) is 12.3. The van der Waals surface area contributed by atoms with Gasteiger partial charge >= 0.3 is 5.97 Å². The number of thioether (sulfide) groups is 1. The average Bonchev–Trinajstić information content (AvgIpc) is 2.88. The van der Waals surface area contributed by atoms with Crippen LogP contribution in [0.4, 0.5) is 0 Å². The smallest absolute Gasteiger partial charge is 0.327 e. The van der Waals surface area contributed by atoms with Crippen LogP contribution in [0.5, 0.6) is 11.5 Å². The molecule has 1 aliphatic rings. The molecular weight excluding hydrogens is 374 g/mol. The molecule has 26 heavy (non-hydrogen) atoms. The Morgan fingerprint density at radius 3 is 2.62 bits per heavy atom. The molecule has 1 amide bonds. The Morgan fingerprint density at radius 1 is 1.38 bits per heavy atom. The second-order valence-electron chi connectivity index (χ2n) is 5.80. The van der Waals surface area contributed by atoms with Gasteiger partial charge in [0, 0.05) is 5.56 Å². The Kier molecular flexibility index (Phi) is 6.66. The highest BCUT2D eigenvalue weighted by molar-refractivity contribution is 8.26.